The molecule has 1 saturated carbocycles. The maximum Gasteiger partial charge on any atom is 0.0624 e. The van der Waals surface area contributed by atoms with Gasteiger partial charge in [0, 0.05) is 5.41 Å². The third-order valence-corrected chi connectivity index (χ3v) is 4.79. The highest BCUT2D eigenvalue weighted by atomic mass is 32.1. The van der Waals surface area contributed by atoms with Crippen molar-refractivity contribution in [3.63, 3.8) is 0 Å². The number of hydrogen-bond donors (Lipinski definition) is 1. The second-order valence-electron chi connectivity index (χ2n) is 5.97. The molecule has 0 atom stereocenters. The summed E-state index contributed by atoms with van der Waals surface area (Å²) in [6.45, 7) is 7.48. The minimum atomic E-state index is 0.0300. The molecule has 0 radical (unpaired) electrons. The molecule has 0 spiro atoms. The Hall–Kier alpha value is 0.310. The zero-order valence-electron chi connectivity index (χ0n) is 11.2. The first-order valence-corrected chi connectivity index (χ1v) is 7.42. The molecule has 96 valence electrons. The molecule has 0 bridgehead atoms. The summed E-state index contributed by atoms with van der Waals surface area (Å²) in [5.74, 6) is 0.979. The summed E-state index contributed by atoms with van der Waals surface area (Å²) in [5, 5.41) is 0. The van der Waals surface area contributed by atoms with E-state index in [0.29, 0.717) is 5.41 Å². The van der Waals surface area contributed by atoms with Crippen molar-refractivity contribution >= 4 is 12.6 Å². The van der Waals surface area contributed by atoms with Crippen LogP contribution in [0.1, 0.15) is 65.7 Å². The van der Waals surface area contributed by atoms with Crippen LogP contribution in [0.2, 0.25) is 0 Å². The van der Waals surface area contributed by atoms with Crippen LogP contribution in [0, 0.1) is 5.41 Å². The van der Waals surface area contributed by atoms with Crippen molar-refractivity contribution in [2.24, 2.45) is 5.41 Å². The van der Waals surface area contributed by atoms with Crippen molar-refractivity contribution in [3.8, 4) is 0 Å². The van der Waals surface area contributed by atoms with Crippen molar-refractivity contribution in [3.05, 3.63) is 0 Å². The first-order chi connectivity index (χ1) is 7.54. The lowest BCUT2D eigenvalue weighted by atomic mass is 9.83. The van der Waals surface area contributed by atoms with Crippen LogP contribution in [0.4, 0.5) is 0 Å². The molecule has 1 fully saturated rings. The standard InChI is InChI=1S/C14H28OS/c1-4-13(2,3)15-11-14(12-16)9-7-5-6-8-10-14/h16H,4-12H2,1-3H3. The van der Waals surface area contributed by atoms with Crippen LogP contribution >= 0.6 is 12.6 Å². The lowest BCUT2D eigenvalue weighted by molar-refractivity contribution is -0.0629. The van der Waals surface area contributed by atoms with E-state index in [4.69, 9.17) is 4.74 Å². The van der Waals surface area contributed by atoms with Crippen molar-refractivity contribution in [2.75, 3.05) is 12.4 Å². The van der Waals surface area contributed by atoms with E-state index >= 15 is 0 Å². The van der Waals surface area contributed by atoms with E-state index in [1.54, 1.807) is 0 Å². The van der Waals surface area contributed by atoms with Gasteiger partial charge in [0.05, 0.1) is 12.2 Å². The molecule has 0 aromatic heterocycles. The number of ether oxygens (including phenoxy) is 1. The number of rotatable bonds is 5. The third-order valence-electron chi connectivity index (χ3n) is 4.12. The predicted octanol–water partition coefficient (Wildman–Crippen LogP) is 4.46. The molecule has 0 unspecified atom stereocenters. The average molecular weight is 244 g/mol. The van der Waals surface area contributed by atoms with Crippen LogP contribution in [0.3, 0.4) is 0 Å². The second-order valence-corrected chi connectivity index (χ2v) is 6.29. The molecular weight excluding hydrogens is 216 g/mol. The van der Waals surface area contributed by atoms with Crippen LogP contribution in [0.5, 0.6) is 0 Å². The molecule has 16 heavy (non-hydrogen) atoms. The molecule has 1 aliphatic carbocycles. The molecule has 0 heterocycles. The number of hydrogen-bond acceptors (Lipinski definition) is 2. The molecule has 0 aliphatic heterocycles. The van der Waals surface area contributed by atoms with Gasteiger partial charge in [-0.05, 0) is 38.9 Å². The van der Waals surface area contributed by atoms with Crippen molar-refractivity contribution < 1.29 is 4.74 Å². The molecule has 1 aliphatic rings. The Morgan fingerprint density at radius 1 is 1.12 bits per heavy atom. The predicted molar refractivity (Wildman–Crippen MR) is 74.3 cm³/mol. The molecular formula is C14H28OS. The van der Waals surface area contributed by atoms with Crippen LogP contribution in [-0.4, -0.2) is 18.0 Å². The average Bonchev–Trinajstić information content (AvgIpc) is 2.53. The highest BCUT2D eigenvalue weighted by Crippen LogP contribution is 2.37. The molecule has 0 aromatic carbocycles. The van der Waals surface area contributed by atoms with Gasteiger partial charge >= 0.3 is 0 Å². The Morgan fingerprint density at radius 2 is 1.69 bits per heavy atom. The molecule has 2 heteroatoms. The van der Waals surface area contributed by atoms with Gasteiger partial charge in [-0.25, -0.2) is 0 Å². The third kappa shape index (κ3) is 4.29. The minimum Gasteiger partial charge on any atom is -0.375 e. The van der Waals surface area contributed by atoms with Gasteiger partial charge in [-0.15, -0.1) is 0 Å². The highest BCUT2D eigenvalue weighted by Gasteiger charge is 2.32. The smallest absolute Gasteiger partial charge is 0.0624 e. The SMILES string of the molecule is CCC(C)(C)OCC1(CS)CCCCCC1. The van der Waals surface area contributed by atoms with Crippen LogP contribution < -0.4 is 0 Å². The Kier molecular flexibility index (Phi) is 5.66. The van der Waals surface area contributed by atoms with Gasteiger partial charge in [-0.3, -0.25) is 0 Å². The highest BCUT2D eigenvalue weighted by molar-refractivity contribution is 7.80. The van der Waals surface area contributed by atoms with E-state index in [-0.39, 0.29) is 5.60 Å². The number of thiol groups is 1. The molecule has 0 amide bonds. The monoisotopic (exact) mass is 244 g/mol. The molecule has 1 rings (SSSR count). The second kappa shape index (κ2) is 6.30. The molecule has 0 aromatic rings. The van der Waals surface area contributed by atoms with Gasteiger partial charge in [-0.1, -0.05) is 32.6 Å². The van der Waals surface area contributed by atoms with E-state index in [0.717, 1.165) is 18.8 Å². The lowest BCUT2D eigenvalue weighted by Crippen LogP contribution is -2.34. The molecule has 0 N–H and O–H groups in total. The maximum absolute atomic E-state index is 6.12. The summed E-state index contributed by atoms with van der Waals surface area (Å²) < 4.78 is 6.12. The van der Waals surface area contributed by atoms with Gasteiger partial charge < -0.3 is 4.74 Å². The Morgan fingerprint density at radius 3 is 2.12 bits per heavy atom. The Labute approximate surface area is 107 Å². The van der Waals surface area contributed by atoms with Crippen LogP contribution in [0.15, 0.2) is 0 Å². The van der Waals surface area contributed by atoms with Crippen LogP contribution in [0.25, 0.3) is 0 Å². The molecule has 1 nitrogen and oxygen atoms in total. The Bertz CT molecular complexity index is 193. The van der Waals surface area contributed by atoms with E-state index < -0.39 is 0 Å². The van der Waals surface area contributed by atoms with E-state index in [1.165, 1.54) is 38.5 Å². The van der Waals surface area contributed by atoms with Gasteiger partial charge in [-0.2, -0.15) is 12.6 Å². The quantitative estimate of drug-likeness (QED) is 0.555. The van der Waals surface area contributed by atoms with Crippen LogP contribution in [-0.2, 0) is 4.74 Å². The van der Waals surface area contributed by atoms with Gasteiger partial charge in [0.25, 0.3) is 0 Å². The summed E-state index contributed by atoms with van der Waals surface area (Å²) in [6, 6.07) is 0. The summed E-state index contributed by atoms with van der Waals surface area (Å²) in [5.41, 5.74) is 0.383. The van der Waals surface area contributed by atoms with E-state index in [9.17, 15) is 0 Å². The van der Waals surface area contributed by atoms with Gasteiger partial charge in [0.2, 0.25) is 0 Å². The molecule has 0 saturated heterocycles. The summed E-state index contributed by atoms with van der Waals surface area (Å²) in [7, 11) is 0. The fourth-order valence-electron chi connectivity index (χ4n) is 2.28. The topological polar surface area (TPSA) is 9.23 Å². The summed E-state index contributed by atoms with van der Waals surface area (Å²) in [4.78, 5) is 0. The first-order valence-electron chi connectivity index (χ1n) is 6.78. The minimum absolute atomic E-state index is 0.0300. The lowest BCUT2D eigenvalue weighted by Gasteiger charge is -2.35. The largest absolute Gasteiger partial charge is 0.375 e. The zero-order valence-corrected chi connectivity index (χ0v) is 12.1. The summed E-state index contributed by atoms with van der Waals surface area (Å²) in [6.07, 6.45) is 9.19. The summed E-state index contributed by atoms with van der Waals surface area (Å²) >= 11 is 4.58. The zero-order chi connectivity index (χ0) is 12.1. The van der Waals surface area contributed by atoms with Crippen molar-refractivity contribution in [2.45, 2.75) is 71.3 Å². The Balaban J connectivity index is 2.51. The van der Waals surface area contributed by atoms with Crippen molar-refractivity contribution in [1.29, 1.82) is 0 Å². The van der Waals surface area contributed by atoms with E-state index in [2.05, 4.69) is 33.4 Å². The van der Waals surface area contributed by atoms with Crippen molar-refractivity contribution in [1.82, 2.24) is 0 Å². The maximum atomic E-state index is 6.12. The first kappa shape index (κ1) is 14.4. The fourth-order valence-corrected chi connectivity index (χ4v) is 2.68. The van der Waals surface area contributed by atoms with E-state index in [1.807, 2.05) is 0 Å². The van der Waals surface area contributed by atoms with Gasteiger partial charge in [0.1, 0.15) is 0 Å². The van der Waals surface area contributed by atoms with Gasteiger partial charge in [0.15, 0.2) is 0 Å². The fraction of sp³-hybridized carbons (Fsp3) is 1.00. The normalized spacial score (nSPS) is 21.8.